The molecular formula is C8H7F2N3. The fourth-order valence-corrected chi connectivity index (χ4v) is 1.25. The summed E-state index contributed by atoms with van der Waals surface area (Å²) >= 11 is 0. The van der Waals surface area contributed by atoms with E-state index in [1.54, 1.807) is 0 Å². The van der Waals surface area contributed by atoms with Gasteiger partial charge in [-0.1, -0.05) is 0 Å². The first-order valence-corrected chi connectivity index (χ1v) is 3.97. The lowest BCUT2D eigenvalue weighted by Gasteiger charge is -2.09. The summed E-state index contributed by atoms with van der Waals surface area (Å²) in [6, 6.07) is 1.07. The molecule has 0 atom stereocenters. The molecule has 68 valence electrons. The summed E-state index contributed by atoms with van der Waals surface area (Å²) in [4.78, 5) is 3.51. The van der Waals surface area contributed by atoms with Gasteiger partial charge < -0.3 is 4.57 Å². The molecule has 1 aliphatic rings. The van der Waals surface area contributed by atoms with E-state index in [1.165, 1.54) is 17.0 Å². The monoisotopic (exact) mass is 183 g/mol. The topological polar surface area (TPSA) is 41.6 Å². The normalized spacial score (nSPS) is 17.0. The summed E-state index contributed by atoms with van der Waals surface area (Å²) in [5.41, 5.74) is 0. The van der Waals surface area contributed by atoms with Crippen molar-refractivity contribution in [2.45, 2.75) is 24.8 Å². The van der Waals surface area contributed by atoms with E-state index >= 15 is 0 Å². The van der Waals surface area contributed by atoms with Crippen molar-refractivity contribution in [1.29, 1.82) is 5.26 Å². The molecule has 0 unspecified atom stereocenters. The van der Waals surface area contributed by atoms with E-state index in [9.17, 15) is 8.78 Å². The van der Waals surface area contributed by atoms with Gasteiger partial charge >= 0.3 is 5.92 Å². The van der Waals surface area contributed by atoms with Gasteiger partial charge in [-0.05, 0) is 12.8 Å². The second kappa shape index (κ2) is 2.52. The molecule has 1 aliphatic carbocycles. The minimum Gasteiger partial charge on any atom is -0.326 e. The van der Waals surface area contributed by atoms with Crippen LogP contribution in [0.1, 0.15) is 24.7 Å². The summed E-state index contributed by atoms with van der Waals surface area (Å²) in [6.07, 6.45) is 4.59. The minimum atomic E-state index is -3.47. The van der Waals surface area contributed by atoms with Crippen LogP contribution in [0.3, 0.4) is 0 Å². The highest BCUT2D eigenvalue weighted by Gasteiger charge is 2.39. The van der Waals surface area contributed by atoms with E-state index in [0.717, 1.165) is 18.9 Å². The van der Waals surface area contributed by atoms with Gasteiger partial charge in [0, 0.05) is 18.4 Å². The van der Waals surface area contributed by atoms with Gasteiger partial charge in [-0.25, -0.2) is 4.98 Å². The Morgan fingerprint density at radius 2 is 2.31 bits per heavy atom. The molecular weight excluding hydrogens is 176 g/mol. The Labute approximate surface area is 73.6 Å². The summed E-state index contributed by atoms with van der Waals surface area (Å²) in [7, 11) is 0. The Hall–Kier alpha value is -1.44. The molecule has 0 aliphatic heterocycles. The average Bonchev–Trinajstić information content (AvgIpc) is 2.83. The highest BCUT2D eigenvalue weighted by Crippen LogP contribution is 2.38. The molecule has 0 aromatic carbocycles. The highest BCUT2D eigenvalue weighted by atomic mass is 19.3. The van der Waals surface area contributed by atoms with Gasteiger partial charge in [0.05, 0.1) is 0 Å². The second-order valence-corrected chi connectivity index (χ2v) is 3.08. The molecule has 1 fully saturated rings. The molecule has 3 nitrogen and oxygen atoms in total. The number of imidazole rings is 1. The SMILES string of the molecule is N#CC(F)(F)c1nccn1C1CC1. The third kappa shape index (κ3) is 1.28. The quantitative estimate of drug-likeness (QED) is 0.701. The zero-order chi connectivity index (χ0) is 9.47. The maximum Gasteiger partial charge on any atom is 0.388 e. The number of alkyl halides is 2. The minimum absolute atomic E-state index is 0.122. The molecule has 13 heavy (non-hydrogen) atoms. The van der Waals surface area contributed by atoms with E-state index in [-0.39, 0.29) is 6.04 Å². The highest BCUT2D eigenvalue weighted by molar-refractivity contribution is 5.13. The molecule has 2 rings (SSSR count). The van der Waals surface area contributed by atoms with Gasteiger partial charge in [-0.3, -0.25) is 0 Å². The number of nitriles is 1. The fourth-order valence-electron chi connectivity index (χ4n) is 1.25. The predicted octanol–water partition coefficient (Wildman–Crippen LogP) is 1.83. The van der Waals surface area contributed by atoms with Crippen LogP contribution >= 0.6 is 0 Å². The molecule has 0 spiro atoms. The molecule has 1 aromatic heterocycles. The standard InChI is InChI=1S/C8H7F2N3/c9-8(10,5-11)7-12-3-4-13(7)6-1-2-6/h3-4,6H,1-2H2. The summed E-state index contributed by atoms with van der Waals surface area (Å²) < 4.78 is 27.2. The first-order valence-electron chi connectivity index (χ1n) is 3.97. The number of rotatable bonds is 2. The Balaban J connectivity index is 2.40. The van der Waals surface area contributed by atoms with E-state index in [4.69, 9.17) is 5.26 Å². The lowest BCUT2D eigenvalue weighted by atomic mass is 10.3. The molecule has 1 heterocycles. The van der Waals surface area contributed by atoms with E-state index in [2.05, 4.69) is 4.98 Å². The smallest absolute Gasteiger partial charge is 0.326 e. The lowest BCUT2D eigenvalue weighted by molar-refractivity contribution is 0.0469. The Kier molecular flexibility index (Phi) is 1.59. The number of hydrogen-bond donors (Lipinski definition) is 0. The number of aromatic nitrogens is 2. The third-order valence-corrected chi connectivity index (χ3v) is 2.03. The van der Waals surface area contributed by atoms with Crippen molar-refractivity contribution in [2.24, 2.45) is 0 Å². The van der Waals surface area contributed by atoms with E-state index < -0.39 is 11.7 Å². The average molecular weight is 183 g/mol. The van der Waals surface area contributed by atoms with Crippen molar-refractivity contribution in [3.63, 3.8) is 0 Å². The summed E-state index contributed by atoms with van der Waals surface area (Å²) in [5.74, 6) is -3.90. The van der Waals surface area contributed by atoms with Gasteiger partial charge in [0.25, 0.3) is 0 Å². The maximum atomic E-state index is 12.9. The number of nitrogens with zero attached hydrogens (tertiary/aromatic N) is 3. The summed E-state index contributed by atoms with van der Waals surface area (Å²) in [5, 5.41) is 8.24. The van der Waals surface area contributed by atoms with Crippen LogP contribution in [0.2, 0.25) is 0 Å². The van der Waals surface area contributed by atoms with Crippen molar-refractivity contribution < 1.29 is 8.78 Å². The molecule has 0 bridgehead atoms. The maximum absolute atomic E-state index is 12.9. The molecule has 0 N–H and O–H groups in total. The van der Waals surface area contributed by atoms with Crippen LogP contribution in [0.15, 0.2) is 12.4 Å². The van der Waals surface area contributed by atoms with Gasteiger partial charge in [-0.2, -0.15) is 14.0 Å². The van der Waals surface area contributed by atoms with E-state index in [1.807, 2.05) is 0 Å². The van der Waals surface area contributed by atoms with Gasteiger partial charge in [0.15, 0.2) is 5.82 Å². The zero-order valence-electron chi connectivity index (χ0n) is 6.74. The molecule has 0 saturated heterocycles. The van der Waals surface area contributed by atoms with Crippen molar-refractivity contribution in [3.8, 4) is 6.07 Å². The number of halogens is 2. The van der Waals surface area contributed by atoms with Crippen molar-refractivity contribution in [3.05, 3.63) is 18.2 Å². The van der Waals surface area contributed by atoms with Crippen LogP contribution in [-0.2, 0) is 5.92 Å². The lowest BCUT2D eigenvalue weighted by Crippen LogP contribution is -2.17. The Morgan fingerprint density at radius 3 is 2.85 bits per heavy atom. The van der Waals surface area contributed by atoms with E-state index in [0.29, 0.717) is 0 Å². The molecule has 1 aromatic rings. The van der Waals surface area contributed by atoms with Crippen LogP contribution in [0.5, 0.6) is 0 Å². The predicted molar refractivity (Wildman–Crippen MR) is 40.0 cm³/mol. The second-order valence-electron chi connectivity index (χ2n) is 3.08. The Morgan fingerprint density at radius 1 is 1.62 bits per heavy atom. The van der Waals surface area contributed by atoms with Crippen molar-refractivity contribution in [1.82, 2.24) is 9.55 Å². The summed E-state index contributed by atoms with van der Waals surface area (Å²) in [6.45, 7) is 0. The molecule has 5 heteroatoms. The van der Waals surface area contributed by atoms with Crippen molar-refractivity contribution in [2.75, 3.05) is 0 Å². The number of hydrogen-bond acceptors (Lipinski definition) is 2. The largest absolute Gasteiger partial charge is 0.388 e. The first-order chi connectivity index (χ1) is 6.15. The van der Waals surface area contributed by atoms with Crippen LogP contribution in [-0.4, -0.2) is 9.55 Å². The van der Waals surface area contributed by atoms with Gasteiger partial charge in [0.1, 0.15) is 6.07 Å². The van der Waals surface area contributed by atoms with Crippen LogP contribution in [0.25, 0.3) is 0 Å². The first kappa shape index (κ1) is 8.17. The molecule has 0 amide bonds. The molecule has 1 saturated carbocycles. The Bertz CT molecular complexity index is 360. The fraction of sp³-hybridized carbons (Fsp3) is 0.500. The van der Waals surface area contributed by atoms with Crippen LogP contribution < -0.4 is 0 Å². The molecule has 0 radical (unpaired) electrons. The van der Waals surface area contributed by atoms with Crippen LogP contribution in [0, 0.1) is 11.3 Å². The van der Waals surface area contributed by atoms with Gasteiger partial charge in [0.2, 0.25) is 0 Å². The van der Waals surface area contributed by atoms with Crippen LogP contribution in [0.4, 0.5) is 8.78 Å². The zero-order valence-corrected chi connectivity index (χ0v) is 6.74. The van der Waals surface area contributed by atoms with Gasteiger partial charge in [-0.15, -0.1) is 0 Å². The third-order valence-electron chi connectivity index (χ3n) is 2.03. The van der Waals surface area contributed by atoms with Crippen molar-refractivity contribution >= 4 is 0 Å².